The molecule has 18 heavy (non-hydrogen) atoms. The van der Waals surface area contributed by atoms with Crippen LogP contribution < -0.4 is 5.73 Å². The van der Waals surface area contributed by atoms with E-state index >= 15 is 0 Å². The SMILES string of the molecule is NCc1cn(CC2C3CC4CC(C3)CC2C4)cn1. The van der Waals surface area contributed by atoms with Crippen LogP contribution in [0.4, 0.5) is 0 Å². The van der Waals surface area contributed by atoms with Crippen molar-refractivity contribution in [2.45, 2.75) is 45.2 Å². The van der Waals surface area contributed by atoms with E-state index < -0.39 is 0 Å². The third-order valence-corrected chi connectivity index (χ3v) is 5.74. The van der Waals surface area contributed by atoms with Gasteiger partial charge in [0.05, 0.1) is 12.0 Å². The zero-order valence-corrected chi connectivity index (χ0v) is 11.0. The van der Waals surface area contributed by atoms with Gasteiger partial charge in [0, 0.05) is 19.3 Å². The number of hydrogen-bond donors (Lipinski definition) is 1. The van der Waals surface area contributed by atoms with E-state index in [1.165, 1.54) is 32.2 Å². The Kier molecular flexibility index (Phi) is 2.51. The van der Waals surface area contributed by atoms with Gasteiger partial charge in [0.1, 0.15) is 0 Å². The van der Waals surface area contributed by atoms with Gasteiger partial charge in [-0.25, -0.2) is 4.98 Å². The lowest BCUT2D eigenvalue weighted by atomic mass is 9.52. The van der Waals surface area contributed by atoms with E-state index in [9.17, 15) is 0 Å². The van der Waals surface area contributed by atoms with Gasteiger partial charge in [0.2, 0.25) is 0 Å². The Balaban J connectivity index is 1.51. The Labute approximate surface area is 109 Å². The van der Waals surface area contributed by atoms with Gasteiger partial charge in [-0.05, 0) is 61.7 Å². The molecule has 4 bridgehead atoms. The third kappa shape index (κ3) is 1.71. The van der Waals surface area contributed by atoms with Crippen LogP contribution in [0.25, 0.3) is 0 Å². The Hall–Kier alpha value is -0.830. The van der Waals surface area contributed by atoms with Crippen molar-refractivity contribution in [2.24, 2.45) is 35.3 Å². The molecule has 0 atom stereocenters. The molecule has 5 rings (SSSR count). The summed E-state index contributed by atoms with van der Waals surface area (Å²) in [4.78, 5) is 4.36. The Bertz CT molecular complexity index is 409. The molecular weight excluding hydrogens is 222 g/mol. The first-order chi connectivity index (χ1) is 8.81. The van der Waals surface area contributed by atoms with Crippen molar-refractivity contribution in [1.29, 1.82) is 0 Å². The highest BCUT2D eigenvalue weighted by atomic mass is 15.0. The van der Waals surface area contributed by atoms with Crippen LogP contribution in [0.2, 0.25) is 0 Å². The molecule has 4 saturated carbocycles. The van der Waals surface area contributed by atoms with Crippen molar-refractivity contribution < 1.29 is 0 Å². The average Bonchev–Trinajstić information content (AvgIpc) is 2.80. The summed E-state index contributed by atoms with van der Waals surface area (Å²) in [6.07, 6.45) is 11.7. The zero-order valence-electron chi connectivity index (χ0n) is 11.0. The van der Waals surface area contributed by atoms with E-state index in [4.69, 9.17) is 5.73 Å². The van der Waals surface area contributed by atoms with Crippen molar-refractivity contribution in [3.05, 3.63) is 18.2 Å². The minimum absolute atomic E-state index is 0.564. The van der Waals surface area contributed by atoms with Crippen molar-refractivity contribution in [3.63, 3.8) is 0 Å². The maximum absolute atomic E-state index is 5.64. The summed E-state index contributed by atoms with van der Waals surface area (Å²) in [5, 5.41) is 0. The molecule has 0 spiro atoms. The lowest BCUT2D eigenvalue weighted by Crippen LogP contribution is -2.46. The molecule has 0 unspecified atom stereocenters. The maximum atomic E-state index is 5.64. The van der Waals surface area contributed by atoms with Gasteiger partial charge in [-0.15, -0.1) is 0 Å². The first kappa shape index (κ1) is 11.0. The molecule has 1 aromatic rings. The van der Waals surface area contributed by atoms with E-state index in [2.05, 4.69) is 15.7 Å². The van der Waals surface area contributed by atoms with Crippen molar-refractivity contribution in [3.8, 4) is 0 Å². The molecule has 0 amide bonds. The van der Waals surface area contributed by atoms with Gasteiger partial charge >= 0.3 is 0 Å². The average molecular weight is 245 g/mol. The third-order valence-electron chi connectivity index (χ3n) is 5.74. The van der Waals surface area contributed by atoms with Crippen LogP contribution in [0, 0.1) is 29.6 Å². The first-order valence-corrected chi connectivity index (χ1v) is 7.52. The van der Waals surface area contributed by atoms with Crippen LogP contribution in [0.3, 0.4) is 0 Å². The Morgan fingerprint density at radius 2 is 1.78 bits per heavy atom. The molecule has 0 aromatic carbocycles. The van der Waals surface area contributed by atoms with Crippen molar-refractivity contribution >= 4 is 0 Å². The zero-order chi connectivity index (χ0) is 12.1. The van der Waals surface area contributed by atoms with Crippen LogP contribution in [0.5, 0.6) is 0 Å². The molecule has 98 valence electrons. The molecule has 4 aliphatic rings. The van der Waals surface area contributed by atoms with E-state index in [0.717, 1.165) is 35.3 Å². The normalized spacial score (nSPS) is 41.5. The molecule has 3 heteroatoms. The highest BCUT2D eigenvalue weighted by Gasteiger charge is 2.47. The quantitative estimate of drug-likeness (QED) is 0.888. The molecule has 4 fully saturated rings. The standard InChI is InChI=1S/C15H23N3/c16-6-14-7-18(9-17-14)8-15-12-2-10-1-11(4-12)5-13(15)3-10/h7,9-13,15H,1-6,8,16H2. The van der Waals surface area contributed by atoms with Gasteiger partial charge in [-0.1, -0.05) is 0 Å². The topological polar surface area (TPSA) is 43.8 Å². The summed E-state index contributed by atoms with van der Waals surface area (Å²) < 4.78 is 2.29. The highest BCUT2D eigenvalue weighted by molar-refractivity contribution is 5.00. The number of imidazole rings is 1. The molecule has 3 nitrogen and oxygen atoms in total. The maximum Gasteiger partial charge on any atom is 0.0950 e. The van der Waals surface area contributed by atoms with Gasteiger partial charge in [-0.2, -0.15) is 0 Å². The fourth-order valence-electron chi connectivity index (χ4n) is 5.19. The molecule has 0 radical (unpaired) electrons. The minimum atomic E-state index is 0.564. The second kappa shape index (κ2) is 4.09. The van der Waals surface area contributed by atoms with Gasteiger partial charge in [-0.3, -0.25) is 0 Å². The van der Waals surface area contributed by atoms with Crippen LogP contribution in [-0.4, -0.2) is 9.55 Å². The molecule has 1 aromatic heterocycles. The first-order valence-electron chi connectivity index (χ1n) is 7.52. The number of aromatic nitrogens is 2. The fourth-order valence-corrected chi connectivity index (χ4v) is 5.19. The molecular formula is C15H23N3. The summed E-state index contributed by atoms with van der Waals surface area (Å²) in [6, 6.07) is 0. The van der Waals surface area contributed by atoms with Crippen molar-refractivity contribution in [2.75, 3.05) is 0 Å². The van der Waals surface area contributed by atoms with E-state index in [-0.39, 0.29) is 0 Å². The van der Waals surface area contributed by atoms with Crippen molar-refractivity contribution in [1.82, 2.24) is 9.55 Å². The minimum Gasteiger partial charge on any atom is -0.337 e. The smallest absolute Gasteiger partial charge is 0.0950 e. The predicted molar refractivity (Wildman–Crippen MR) is 70.7 cm³/mol. The number of nitrogens with two attached hydrogens (primary N) is 1. The molecule has 2 N–H and O–H groups in total. The monoisotopic (exact) mass is 245 g/mol. The summed E-state index contributed by atoms with van der Waals surface area (Å²) in [6.45, 7) is 1.75. The lowest BCUT2D eigenvalue weighted by Gasteiger charge is -2.54. The highest BCUT2D eigenvalue weighted by Crippen LogP contribution is 2.56. The second-order valence-electron chi connectivity index (χ2n) is 6.86. The largest absolute Gasteiger partial charge is 0.337 e. The van der Waals surface area contributed by atoms with Gasteiger partial charge in [0.15, 0.2) is 0 Å². The summed E-state index contributed by atoms with van der Waals surface area (Å²) >= 11 is 0. The molecule has 1 heterocycles. The summed E-state index contributed by atoms with van der Waals surface area (Å²) in [5.41, 5.74) is 6.66. The van der Waals surface area contributed by atoms with E-state index in [1.54, 1.807) is 6.42 Å². The van der Waals surface area contributed by atoms with Crippen LogP contribution >= 0.6 is 0 Å². The fraction of sp³-hybridized carbons (Fsp3) is 0.800. The predicted octanol–water partition coefficient (Wildman–Crippen LogP) is 2.41. The number of rotatable bonds is 3. The van der Waals surface area contributed by atoms with Crippen LogP contribution in [0.15, 0.2) is 12.5 Å². The number of hydrogen-bond acceptors (Lipinski definition) is 2. The summed E-state index contributed by atoms with van der Waals surface area (Å²) in [5.74, 6) is 5.07. The Morgan fingerprint density at radius 3 is 2.33 bits per heavy atom. The number of nitrogens with zero attached hydrogens (tertiary/aromatic N) is 2. The van der Waals surface area contributed by atoms with E-state index in [0.29, 0.717) is 6.54 Å². The molecule has 0 saturated heterocycles. The van der Waals surface area contributed by atoms with Crippen LogP contribution in [-0.2, 0) is 13.1 Å². The second-order valence-corrected chi connectivity index (χ2v) is 6.86. The van der Waals surface area contributed by atoms with E-state index in [1.807, 2.05) is 6.33 Å². The van der Waals surface area contributed by atoms with Gasteiger partial charge in [0.25, 0.3) is 0 Å². The molecule has 0 aliphatic heterocycles. The molecule has 4 aliphatic carbocycles. The van der Waals surface area contributed by atoms with Crippen LogP contribution in [0.1, 0.15) is 37.8 Å². The summed E-state index contributed by atoms with van der Waals surface area (Å²) in [7, 11) is 0. The lowest BCUT2D eigenvalue weighted by molar-refractivity contribution is -0.0430. The Morgan fingerprint density at radius 1 is 1.11 bits per heavy atom. The van der Waals surface area contributed by atoms with Gasteiger partial charge < -0.3 is 10.3 Å².